The van der Waals surface area contributed by atoms with Crippen LogP contribution in [0.4, 0.5) is 0 Å². The highest BCUT2D eigenvalue weighted by Gasteiger charge is 2.27. The molecule has 0 aliphatic carbocycles. The van der Waals surface area contributed by atoms with Crippen LogP contribution in [0, 0.1) is 0 Å². The van der Waals surface area contributed by atoms with Gasteiger partial charge < -0.3 is 15.7 Å². The van der Waals surface area contributed by atoms with E-state index in [1.165, 1.54) is 11.8 Å². The fourth-order valence-corrected chi connectivity index (χ4v) is 2.88. The molecule has 0 spiro atoms. The second kappa shape index (κ2) is 8.04. The lowest BCUT2D eigenvalue weighted by atomic mass is 9.99. The number of carbonyl (C=O) groups is 3. The number of carboxylic acid groups (broad SMARTS) is 1. The molecule has 6 nitrogen and oxygen atoms in total. The van der Waals surface area contributed by atoms with E-state index in [0.29, 0.717) is 18.7 Å². The van der Waals surface area contributed by atoms with E-state index in [-0.39, 0.29) is 30.0 Å². The summed E-state index contributed by atoms with van der Waals surface area (Å²) in [6.07, 6.45) is 3.00. The molecule has 108 valence electrons. The predicted octanol–water partition coefficient (Wildman–Crippen LogP) is 0.451. The molecule has 1 atom stereocenters. The Bertz CT molecular complexity index is 349. The van der Waals surface area contributed by atoms with Gasteiger partial charge in [0.05, 0.1) is 12.2 Å². The number of nitrogens with two attached hydrogens (primary N) is 1. The molecule has 1 aliphatic rings. The lowest BCUT2D eigenvalue weighted by molar-refractivity contribution is -0.141. The van der Waals surface area contributed by atoms with Crippen molar-refractivity contribution in [1.29, 1.82) is 0 Å². The van der Waals surface area contributed by atoms with E-state index < -0.39 is 5.97 Å². The van der Waals surface area contributed by atoms with Gasteiger partial charge in [-0.25, -0.2) is 0 Å². The van der Waals surface area contributed by atoms with Crippen molar-refractivity contribution in [2.24, 2.45) is 5.73 Å². The third kappa shape index (κ3) is 5.96. The van der Waals surface area contributed by atoms with Gasteiger partial charge in [0.15, 0.2) is 0 Å². The number of thioether (sulfide) groups is 1. The summed E-state index contributed by atoms with van der Waals surface area (Å²) in [7, 11) is 0. The number of carbonyl (C=O) groups excluding carboxylic acids is 2. The second-order valence-corrected chi connectivity index (χ2v) is 5.71. The van der Waals surface area contributed by atoms with Gasteiger partial charge in [-0.15, -0.1) is 0 Å². The summed E-state index contributed by atoms with van der Waals surface area (Å²) in [5, 5.41) is 8.85. The van der Waals surface area contributed by atoms with Crippen LogP contribution >= 0.6 is 11.8 Å². The lowest BCUT2D eigenvalue weighted by Crippen LogP contribution is -2.44. The Morgan fingerprint density at radius 1 is 1.32 bits per heavy atom. The van der Waals surface area contributed by atoms with E-state index in [9.17, 15) is 14.4 Å². The van der Waals surface area contributed by atoms with Crippen molar-refractivity contribution >= 4 is 29.5 Å². The Labute approximate surface area is 116 Å². The van der Waals surface area contributed by atoms with Crippen LogP contribution in [0.25, 0.3) is 0 Å². The van der Waals surface area contributed by atoms with E-state index in [2.05, 4.69) is 0 Å². The number of primary amides is 1. The van der Waals surface area contributed by atoms with Crippen LogP contribution in [0.15, 0.2) is 0 Å². The Morgan fingerprint density at radius 3 is 2.68 bits per heavy atom. The highest BCUT2D eigenvalue weighted by molar-refractivity contribution is 7.99. The van der Waals surface area contributed by atoms with Crippen molar-refractivity contribution in [2.45, 2.75) is 38.1 Å². The van der Waals surface area contributed by atoms with E-state index in [1.807, 2.05) is 0 Å². The quantitative estimate of drug-likeness (QED) is 0.662. The van der Waals surface area contributed by atoms with E-state index >= 15 is 0 Å². The molecule has 1 heterocycles. The van der Waals surface area contributed by atoms with Crippen LogP contribution in [0.1, 0.15) is 32.1 Å². The van der Waals surface area contributed by atoms with Crippen LogP contribution in [-0.4, -0.2) is 51.9 Å². The van der Waals surface area contributed by atoms with Gasteiger partial charge in [-0.05, 0) is 19.3 Å². The molecule has 1 aliphatic heterocycles. The summed E-state index contributed by atoms with van der Waals surface area (Å²) in [6, 6.07) is -0.181. The molecule has 0 aromatic rings. The Kier molecular flexibility index (Phi) is 6.69. The molecule has 0 radical (unpaired) electrons. The Morgan fingerprint density at radius 2 is 2.05 bits per heavy atom. The first-order valence-corrected chi connectivity index (χ1v) is 7.53. The van der Waals surface area contributed by atoms with Crippen LogP contribution in [0.5, 0.6) is 0 Å². The number of aliphatic carboxylic acids is 1. The zero-order chi connectivity index (χ0) is 14.3. The van der Waals surface area contributed by atoms with Gasteiger partial charge in [-0.3, -0.25) is 14.4 Å². The number of hydrogen-bond donors (Lipinski definition) is 2. The van der Waals surface area contributed by atoms with Crippen LogP contribution in [0.2, 0.25) is 0 Å². The van der Waals surface area contributed by atoms with Gasteiger partial charge in [0, 0.05) is 24.8 Å². The summed E-state index contributed by atoms with van der Waals surface area (Å²) in [6.45, 7) is 0.636. The molecule has 7 heteroatoms. The maximum absolute atomic E-state index is 12.0. The monoisotopic (exact) mass is 288 g/mol. The van der Waals surface area contributed by atoms with Crippen LogP contribution < -0.4 is 5.73 Å². The Hall–Kier alpha value is -1.24. The number of piperidine rings is 1. The number of carboxylic acids is 1. The summed E-state index contributed by atoms with van der Waals surface area (Å²) in [5.74, 6) is -0.529. The number of likely N-dealkylation sites (tertiary alicyclic amines) is 1. The highest BCUT2D eigenvalue weighted by atomic mass is 32.2. The first-order valence-electron chi connectivity index (χ1n) is 6.38. The minimum atomic E-state index is -0.868. The minimum absolute atomic E-state index is 0.0141. The molecule has 0 bridgehead atoms. The summed E-state index contributed by atoms with van der Waals surface area (Å²) in [4.78, 5) is 35.1. The first kappa shape index (κ1) is 15.8. The molecule has 1 fully saturated rings. The molecule has 3 N–H and O–H groups in total. The van der Waals surface area contributed by atoms with Crippen molar-refractivity contribution < 1.29 is 19.5 Å². The highest BCUT2D eigenvalue weighted by Crippen LogP contribution is 2.21. The van der Waals surface area contributed by atoms with E-state index in [1.54, 1.807) is 4.90 Å². The number of nitrogens with zero attached hydrogens (tertiary/aromatic N) is 1. The number of rotatable bonds is 7. The standard InChI is InChI=1S/C12H20N2O4S/c13-10(15)8-19-6-4-11(16)14-5-2-1-3-9(14)7-12(17)18/h9H,1-8H2,(H2,13,15)(H,17,18). The largest absolute Gasteiger partial charge is 0.481 e. The van der Waals surface area contributed by atoms with Gasteiger partial charge in [-0.2, -0.15) is 11.8 Å². The van der Waals surface area contributed by atoms with E-state index in [0.717, 1.165) is 19.3 Å². The average Bonchev–Trinajstić information content (AvgIpc) is 2.34. The average molecular weight is 288 g/mol. The third-order valence-corrected chi connectivity index (χ3v) is 4.04. The maximum atomic E-state index is 12.0. The topological polar surface area (TPSA) is 101 Å². The first-order chi connectivity index (χ1) is 9.00. The van der Waals surface area contributed by atoms with Crippen LogP contribution in [0.3, 0.4) is 0 Å². The van der Waals surface area contributed by atoms with E-state index in [4.69, 9.17) is 10.8 Å². The third-order valence-electron chi connectivity index (χ3n) is 3.06. The zero-order valence-corrected chi connectivity index (χ0v) is 11.7. The smallest absolute Gasteiger partial charge is 0.305 e. The van der Waals surface area contributed by atoms with Crippen molar-refractivity contribution in [3.63, 3.8) is 0 Å². The maximum Gasteiger partial charge on any atom is 0.305 e. The molecule has 0 aromatic heterocycles. The normalized spacial score (nSPS) is 19.2. The molecule has 0 saturated carbocycles. The molecular weight excluding hydrogens is 268 g/mol. The van der Waals surface area contributed by atoms with Crippen molar-refractivity contribution in [2.75, 3.05) is 18.1 Å². The molecule has 2 amide bonds. The summed E-state index contributed by atoms with van der Waals surface area (Å²) in [5.41, 5.74) is 5.01. The SMILES string of the molecule is NC(=O)CSCCC(=O)N1CCCCC1CC(=O)O. The summed E-state index contributed by atoms with van der Waals surface area (Å²) < 4.78 is 0. The van der Waals surface area contributed by atoms with Gasteiger partial charge in [0.25, 0.3) is 0 Å². The van der Waals surface area contributed by atoms with Gasteiger partial charge >= 0.3 is 5.97 Å². The second-order valence-electron chi connectivity index (χ2n) is 4.60. The molecule has 1 unspecified atom stereocenters. The number of hydrogen-bond acceptors (Lipinski definition) is 4. The van der Waals surface area contributed by atoms with Gasteiger partial charge in [0.2, 0.25) is 11.8 Å². The minimum Gasteiger partial charge on any atom is -0.481 e. The molecule has 1 rings (SSSR count). The van der Waals surface area contributed by atoms with Crippen molar-refractivity contribution in [3.05, 3.63) is 0 Å². The summed E-state index contributed by atoms with van der Waals surface area (Å²) >= 11 is 1.33. The number of amides is 2. The van der Waals surface area contributed by atoms with Crippen LogP contribution in [-0.2, 0) is 14.4 Å². The predicted molar refractivity (Wildman–Crippen MR) is 72.7 cm³/mol. The molecule has 1 saturated heterocycles. The van der Waals surface area contributed by atoms with Crippen molar-refractivity contribution in [3.8, 4) is 0 Å². The molecular formula is C12H20N2O4S. The lowest BCUT2D eigenvalue weighted by Gasteiger charge is -2.35. The van der Waals surface area contributed by atoms with Crippen molar-refractivity contribution in [1.82, 2.24) is 4.90 Å². The molecule has 19 heavy (non-hydrogen) atoms. The zero-order valence-electron chi connectivity index (χ0n) is 10.8. The van der Waals surface area contributed by atoms with Gasteiger partial charge in [0.1, 0.15) is 0 Å². The Balaban J connectivity index is 2.38. The fraction of sp³-hybridized carbons (Fsp3) is 0.750. The molecule has 0 aromatic carbocycles. The van der Waals surface area contributed by atoms with Gasteiger partial charge in [-0.1, -0.05) is 0 Å². The fourth-order valence-electron chi connectivity index (χ4n) is 2.22.